The number of phenols is 1. The highest BCUT2D eigenvalue weighted by Gasteiger charge is 2.02. The molecule has 70 valence electrons. The van der Waals surface area contributed by atoms with E-state index in [1.54, 1.807) is 19.3 Å². The number of phenolic OH excluding ortho intramolecular Hbond substituents is 1. The molecule has 2 nitrogen and oxygen atoms in total. The van der Waals surface area contributed by atoms with Crippen LogP contribution < -0.4 is 0 Å². The van der Waals surface area contributed by atoms with E-state index in [1.807, 2.05) is 12.1 Å². The molecule has 0 saturated heterocycles. The Kier molecular flexibility index (Phi) is 3.07. The van der Waals surface area contributed by atoms with Crippen molar-refractivity contribution < 1.29 is 5.11 Å². The number of benzene rings is 1. The van der Waals surface area contributed by atoms with Gasteiger partial charge in [-0.25, -0.2) is 0 Å². The maximum atomic E-state index is 9.46. The first-order valence-electron chi connectivity index (χ1n) is 4.40. The van der Waals surface area contributed by atoms with Crippen molar-refractivity contribution in [2.45, 2.75) is 19.8 Å². The molecule has 0 aliphatic carbocycles. The zero-order valence-electron chi connectivity index (χ0n) is 8.28. The first-order valence-corrected chi connectivity index (χ1v) is 4.40. The molecule has 0 fully saturated rings. The summed E-state index contributed by atoms with van der Waals surface area (Å²) in [7, 11) is 1.70. The molecule has 0 saturated carbocycles. The monoisotopic (exact) mass is 177 g/mol. The Morgan fingerprint density at radius 2 is 2.08 bits per heavy atom. The molecule has 0 amide bonds. The molecule has 0 radical (unpaired) electrons. The maximum Gasteiger partial charge on any atom is 0.124 e. The van der Waals surface area contributed by atoms with Crippen LogP contribution in [0.15, 0.2) is 23.2 Å². The van der Waals surface area contributed by atoms with Crippen LogP contribution in [0, 0.1) is 0 Å². The predicted octanol–water partition coefficient (Wildman–Crippen LogP) is 2.56. The van der Waals surface area contributed by atoms with Crippen molar-refractivity contribution in [2.24, 2.45) is 4.99 Å². The summed E-state index contributed by atoms with van der Waals surface area (Å²) in [5.74, 6) is 0.764. The van der Waals surface area contributed by atoms with Crippen LogP contribution in [0.1, 0.15) is 30.9 Å². The number of hydrogen-bond donors (Lipinski definition) is 1. The topological polar surface area (TPSA) is 32.6 Å². The minimum atomic E-state index is 0.287. The normalized spacial score (nSPS) is 11.4. The Balaban J connectivity index is 3.11. The molecule has 1 N–H and O–H groups in total. The van der Waals surface area contributed by atoms with Gasteiger partial charge in [0.2, 0.25) is 0 Å². The number of nitrogens with zero attached hydrogens (tertiary/aromatic N) is 1. The molecule has 0 spiro atoms. The third kappa shape index (κ3) is 2.31. The zero-order valence-corrected chi connectivity index (χ0v) is 8.28. The van der Waals surface area contributed by atoms with Crippen LogP contribution in [0.25, 0.3) is 0 Å². The summed E-state index contributed by atoms with van der Waals surface area (Å²) >= 11 is 0. The number of rotatable bonds is 2. The molecule has 0 aliphatic rings. The second-order valence-corrected chi connectivity index (χ2v) is 3.36. The average molecular weight is 177 g/mol. The van der Waals surface area contributed by atoms with Crippen molar-refractivity contribution in [3.63, 3.8) is 0 Å². The molecular weight excluding hydrogens is 162 g/mol. The highest BCUT2D eigenvalue weighted by molar-refractivity contribution is 5.83. The maximum absolute atomic E-state index is 9.46. The summed E-state index contributed by atoms with van der Waals surface area (Å²) in [6, 6.07) is 5.62. The summed E-state index contributed by atoms with van der Waals surface area (Å²) in [6.45, 7) is 4.25. The summed E-state index contributed by atoms with van der Waals surface area (Å²) in [6.07, 6.45) is 1.67. The van der Waals surface area contributed by atoms with Gasteiger partial charge in [0, 0.05) is 18.8 Å². The Morgan fingerprint density at radius 1 is 1.38 bits per heavy atom. The van der Waals surface area contributed by atoms with E-state index in [2.05, 4.69) is 18.8 Å². The predicted molar refractivity (Wildman–Crippen MR) is 55.7 cm³/mol. The fraction of sp³-hybridized carbons (Fsp3) is 0.364. The second kappa shape index (κ2) is 4.08. The quantitative estimate of drug-likeness (QED) is 0.692. The van der Waals surface area contributed by atoms with Crippen molar-refractivity contribution in [1.82, 2.24) is 0 Å². The molecule has 1 aromatic carbocycles. The van der Waals surface area contributed by atoms with E-state index in [-0.39, 0.29) is 5.75 Å². The third-order valence-electron chi connectivity index (χ3n) is 1.99. The lowest BCUT2D eigenvalue weighted by molar-refractivity contribution is 0.474. The van der Waals surface area contributed by atoms with Crippen molar-refractivity contribution in [3.8, 4) is 5.75 Å². The second-order valence-electron chi connectivity index (χ2n) is 3.36. The van der Waals surface area contributed by atoms with Crippen LogP contribution in [0.3, 0.4) is 0 Å². The van der Waals surface area contributed by atoms with Crippen molar-refractivity contribution in [1.29, 1.82) is 0 Å². The van der Waals surface area contributed by atoms with E-state index >= 15 is 0 Å². The van der Waals surface area contributed by atoms with Crippen LogP contribution in [0.4, 0.5) is 0 Å². The van der Waals surface area contributed by atoms with Gasteiger partial charge in [-0.3, -0.25) is 4.99 Å². The lowest BCUT2D eigenvalue weighted by Crippen LogP contribution is -1.90. The lowest BCUT2D eigenvalue weighted by Gasteiger charge is -2.06. The van der Waals surface area contributed by atoms with Crippen molar-refractivity contribution in [3.05, 3.63) is 29.3 Å². The van der Waals surface area contributed by atoms with E-state index < -0.39 is 0 Å². The molecule has 0 aliphatic heterocycles. The minimum Gasteiger partial charge on any atom is -0.507 e. The van der Waals surface area contributed by atoms with E-state index in [0.717, 1.165) is 5.56 Å². The van der Waals surface area contributed by atoms with Gasteiger partial charge in [-0.1, -0.05) is 19.9 Å². The Labute approximate surface area is 78.9 Å². The fourth-order valence-electron chi connectivity index (χ4n) is 1.17. The van der Waals surface area contributed by atoms with E-state index in [4.69, 9.17) is 0 Å². The molecule has 0 unspecified atom stereocenters. The van der Waals surface area contributed by atoms with Crippen LogP contribution in [0.2, 0.25) is 0 Å². The molecule has 2 heteroatoms. The van der Waals surface area contributed by atoms with Gasteiger partial charge in [-0.05, 0) is 23.6 Å². The highest BCUT2D eigenvalue weighted by Crippen LogP contribution is 2.21. The van der Waals surface area contributed by atoms with Crippen LogP contribution >= 0.6 is 0 Å². The summed E-state index contributed by atoms with van der Waals surface area (Å²) in [4.78, 5) is 3.88. The Morgan fingerprint density at radius 3 is 2.62 bits per heavy atom. The van der Waals surface area contributed by atoms with E-state index in [1.165, 1.54) is 5.56 Å². The first kappa shape index (κ1) is 9.78. The number of aliphatic imine (C=N–C) groups is 1. The largest absolute Gasteiger partial charge is 0.507 e. The van der Waals surface area contributed by atoms with E-state index in [9.17, 15) is 5.11 Å². The standard InChI is InChI=1S/C11H15NO/c1-8(2)9-4-5-11(13)10(6-9)7-12-3/h4-8,13H,1-3H3/b12-7+. The zero-order chi connectivity index (χ0) is 9.84. The molecule has 1 aromatic rings. The Hall–Kier alpha value is -1.31. The highest BCUT2D eigenvalue weighted by atomic mass is 16.3. The summed E-state index contributed by atoms with van der Waals surface area (Å²) in [5, 5.41) is 9.46. The van der Waals surface area contributed by atoms with Crippen molar-refractivity contribution in [2.75, 3.05) is 7.05 Å². The van der Waals surface area contributed by atoms with Gasteiger partial charge >= 0.3 is 0 Å². The number of aromatic hydroxyl groups is 1. The van der Waals surface area contributed by atoms with Gasteiger partial charge in [0.05, 0.1) is 0 Å². The first-order chi connectivity index (χ1) is 6.15. The minimum absolute atomic E-state index is 0.287. The van der Waals surface area contributed by atoms with Gasteiger partial charge in [-0.15, -0.1) is 0 Å². The lowest BCUT2D eigenvalue weighted by atomic mass is 10.0. The Bertz CT molecular complexity index is 316. The SMILES string of the molecule is C/N=C/c1cc(C(C)C)ccc1O. The molecule has 13 heavy (non-hydrogen) atoms. The summed E-state index contributed by atoms with van der Waals surface area (Å²) in [5.41, 5.74) is 2.00. The molecule has 0 heterocycles. The molecule has 1 rings (SSSR count). The van der Waals surface area contributed by atoms with Gasteiger partial charge in [0.25, 0.3) is 0 Å². The van der Waals surface area contributed by atoms with E-state index in [0.29, 0.717) is 5.92 Å². The third-order valence-corrected chi connectivity index (χ3v) is 1.99. The fourth-order valence-corrected chi connectivity index (χ4v) is 1.17. The molecule has 0 aromatic heterocycles. The van der Waals surface area contributed by atoms with Gasteiger partial charge < -0.3 is 5.11 Å². The number of hydrogen-bond acceptors (Lipinski definition) is 2. The molecule has 0 bridgehead atoms. The van der Waals surface area contributed by atoms with Crippen LogP contribution in [-0.2, 0) is 0 Å². The smallest absolute Gasteiger partial charge is 0.124 e. The average Bonchev–Trinajstić information content (AvgIpc) is 2.08. The molecule has 0 atom stereocenters. The van der Waals surface area contributed by atoms with Gasteiger partial charge in [-0.2, -0.15) is 0 Å². The molecular formula is C11H15NO. The van der Waals surface area contributed by atoms with Crippen LogP contribution in [-0.4, -0.2) is 18.4 Å². The summed E-state index contributed by atoms with van der Waals surface area (Å²) < 4.78 is 0. The van der Waals surface area contributed by atoms with Gasteiger partial charge in [0.1, 0.15) is 5.75 Å². The van der Waals surface area contributed by atoms with Crippen LogP contribution in [0.5, 0.6) is 5.75 Å². The van der Waals surface area contributed by atoms with Gasteiger partial charge in [0.15, 0.2) is 0 Å². The van der Waals surface area contributed by atoms with Crippen molar-refractivity contribution >= 4 is 6.21 Å².